The molecule has 0 radical (unpaired) electrons. The van der Waals surface area contributed by atoms with Crippen LogP contribution in [0.2, 0.25) is 0 Å². The van der Waals surface area contributed by atoms with Gasteiger partial charge in [0.05, 0.1) is 11.0 Å². The quantitative estimate of drug-likeness (QED) is 0.614. The minimum atomic E-state index is 0. The highest BCUT2D eigenvalue weighted by Crippen LogP contribution is 2.26. The van der Waals surface area contributed by atoms with Gasteiger partial charge in [-0.1, -0.05) is 12.1 Å². The number of imidazole rings is 1. The van der Waals surface area contributed by atoms with Crippen LogP contribution in [0.15, 0.2) is 24.3 Å². The zero-order valence-electron chi connectivity index (χ0n) is 8.52. The van der Waals surface area contributed by atoms with Crippen LogP contribution >= 0.6 is 28.3 Å². The normalized spacial score (nSPS) is 10.8. The molecule has 3 rings (SSSR count). The average Bonchev–Trinajstić information content (AvgIpc) is 2.65. The molecule has 0 aliphatic rings. The number of thiazole rings is 1. The molecule has 4 heteroatoms. The van der Waals surface area contributed by atoms with E-state index in [4.69, 9.17) is 0 Å². The molecule has 2 nitrogen and oxygen atoms in total. The minimum Gasteiger partial charge on any atom is -0.287 e. The van der Waals surface area contributed by atoms with Crippen LogP contribution < -0.4 is 0 Å². The third kappa shape index (κ3) is 1.40. The Kier molecular flexibility index (Phi) is 2.56. The second-order valence-electron chi connectivity index (χ2n) is 3.46. The number of rotatable bonds is 0. The third-order valence-electron chi connectivity index (χ3n) is 2.62. The number of nitrogens with zero attached hydrogens (tertiary/aromatic N) is 2. The van der Waals surface area contributed by atoms with Gasteiger partial charge in [0.15, 0.2) is 4.96 Å². The summed E-state index contributed by atoms with van der Waals surface area (Å²) in [4.78, 5) is 7.02. The molecular formula is C11H11BrN2S. The minimum absolute atomic E-state index is 0. The van der Waals surface area contributed by atoms with Crippen LogP contribution in [0.1, 0.15) is 10.6 Å². The monoisotopic (exact) mass is 282 g/mol. The first-order valence-corrected chi connectivity index (χ1v) is 5.42. The molecule has 2 aromatic heterocycles. The summed E-state index contributed by atoms with van der Waals surface area (Å²) < 4.78 is 2.23. The van der Waals surface area contributed by atoms with Gasteiger partial charge in [0, 0.05) is 10.6 Å². The summed E-state index contributed by atoms with van der Waals surface area (Å²) in [5.41, 5.74) is 3.60. The van der Waals surface area contributed by atoms with E-state index in [2.05, 4.69) is 41.4 Å². The lowest BCUT2D eigenvalue weighted by molar-refractivity contribution is 1.15. The molecular weight excluding hydrogens is 272 g/mol. The van der Waals surface area contributed by atoms with E-state index >= 15 is 0 Å². The molecule has 3 aromatic rings. The van der Waals surface area contributed by atoms with Crippen LogP contribution in [-0.4, -0.2) is 9.38 Å². The van der Waals surface area contributed by atoms with Gasteiger partial charge < -0.3 is 0 Å². The number of fused-ring (bicyclic) bond motifs is 3. The Morgan fingerprint density at radius 1 is 1.20 bits per heavy atom. The van der Waals surface area contributed by atoms with E-state index < -0.39 is 0 Å². The van der Waals surface area contributed by atoms with Gasteiger partial charge in [0.1, 0.15) is 0 Å². The van der Waals surface area contributed by atoms with Crippen LogP contribution in [0.3, 0.4) is 0 Å². The molecule has 0 atom stereocenters. The fraction of sp³-hybridized carbons (Fsp3) is 0.182. The predicted octanol–water partition coefficient (Wildman–Crippen LogP) is 3.74. The van der Waals surface area contributed by atoms with Gasteiger partial charge in [-0.15, -0.1) is 28.3 Å². The lowest BCUT2D eigenvalue weighted by atomic mass is 10.3. The average molecular weight is 283 g/mol. The smallest absolute Gasteiger partial charge is 0.195 e. The Morgan fingerprint density at radius 2 is 1.93 bits per heavy atom. The van der Waals surface area contributed by atoms with Crippen LogP contribution in [0.4, 0.5) is 0 Å². The van der Waals surface area contributed by atoms with E-state index in [1.165, 1.54) is 16.1 Å². The summed E-state index contributed by atoms with van der Waals surface area (Å²) in [6, 6.07) is 8.27. The molecule has 0 aliphatic heterocycles. The molecule has 0 saturated carbocycles. The van der Waals surface area contributed by atoms with Crippen molar-refractivity contribution in [2.24, 2.45) is 0 Å². The Balaban J connectivity index is 0.000000853. The molecule has 0 aliphatic carbocycles. The fourth-order valence-corrected chi connectivity index (χ4v) is 2.75. The van der Waals surface area contributed by atoms with Gasteiger partial charge in [-0.3, -0.25) is 4.40 Å². The van der Waals surface area contributed by atoms with E-state index in [9.17, 15) is 0 Å². The van der Waals surface area contributed by atoms with Crippen molar-refractivity contribution >= 4 is 44.3 Å². The number of halogens is 1. The fourth-order valence-electron chi connectivity index (χ4n) is 1.76. The zero-order chi connectivity index (χ0) is 9.71. The number of hydrogen-bond acceptors (Lipinski definition) is 2. The van der Waals surface area contributed by atoms with Crippen LogP contribution in [0, 0.1) is 13.8 Å². The number of hydrogen-bond donors (Lipinski definition) is 0. The number of aromatic nitrogens is 2. The highest BCUT2D eigenvalue weighted by molar-refractivity contribution is 8.93. The molecule has 0 amide bonds. The third-order valence-corrected chi connectivity index (χ3v) is 3.68. The second-order valence-corrected chi connectivity index (χ2v) is 4.64. The Labute approximate surface area is 102 Å². The van der Waals surface area contributed by atoms with Crippen molar-refractivity contribution in [3.05, 3.63) is 34.8 Å². The van der Waals surface area contributed by atoms with Crippen LogP contribution in [-0.2, 0) is 0 Å². The molecule has 0 spiro atoms. The highest BCUT2D eigenvalue weighted by Gasteiger charge is 2.09. The summed E-state index contributed by atoms with van der Waals surface area (Å²) in [5.74, 6) is 0. The van der Waals surface area contributed by atoms with Gasteiger partial charge in [-0.25, -0.2) is 4.98 Å². The van der Waals surface area contributed by atoms with Crippen molar-refractivity contribution < 1.29 is 0 Å². The van der Waals surface area contributed by atoms with E-state index in [0.29, 0.717) is 0 Å². The first-order chi connectivity index (χ1) is 6.77. The Hall–Kier alpha value is -0.870. The Morgan fingerprint density at radius 3 is 2.73 bits per heavy atom. The SMILES string of the molecule is Br.Cc1sc2nc3ccccc3n2c1C. The lowest BCUT2D eigenvalue weighted by Gasteiger charge is -1.93. The molecule has 0 bridgehead atoms. The molecule has 15 heavy (non-hydrogen) atoms. The Bertz CT molecular complexity index is 624. The van der Waals surface area contributed by atoms with Crippen molar-refractivity contribution in [1.29, 1.82) is 0 Å². The summed E-state index contributed by atoms with van der Waals surface area (Å²) in [7, 11) is 0. The van der Waals surface area contributed by atoms with Crippen molar-refractivity contribution in [3.8, 4) is 0 Å². The van der Waals surface area contributed by atoms with Gasteiger partial charge >= 0.3 is 0 Å². The van der Waals surface area contributed by atoms with Crippen molar-refractivity contribution in [2.45, 2.75) is 13.8 Å². The molecule has 78 valence electrons. The van der Waals surface area contributed by atoms with Gasteiger partial charge in [-0.05, 0) is 26.0 Å². The summed E-state index contributed by atoms with van der Waals surface area (Å²) in [5, 5.41) is 0. The lowest BCUT2D eigenvalue weighted by Crippen LogP contribution is -1.83. The second kappa shape index (κ2) is 3.61. The maximum absolute atomic E-state index is 4.58. The predicted molar refractivity (Wildman–Crippen MR) is 70.4 cm³/mol. The van der Waals surface area contributed by atoms with E-state index in [1.807, 2.05) is 6.07 Å². The molecule has 1 aromatic carbocycles. The van der Waals surface area contributed by atoms with E-state index in [0.717, 1.165) is 10.5 Å². The number of benzene rings is 1. The van der Waals surface area contributed by atoms with Crippen molar-refractivity contribution in [3.63, 3.8) is 0 Å². The van der Waals surface area contributed by atoms with Gasteiger partial charge in [-0.2, -0.15) is 0 Å². The number of para-hydroxylation sites is 2. The van der Waals surface area contributed by atoms with Crippen LogP contribution in [0.5, 0.6) is 0 Å². The largest absolute Gasteiger partial charge is 0.287 e. The maximum Gasteiger partial charge on any atom is 0.195 e. The topological polar surface area (TPSA) is 17.3 Å². The summed E-state index contributed by atoms with van der Waals surface area (Å²) >= 11 is 1.76. The van der Waals surface area contributed by atoms with E-state index in [1.54, 1.807) is 11.3 Å². The molecule has 0 N–H and O–H groups in total. The standard InChI is InChI=1S/C11H10N2S.BrH/c1-7-8(2)14-11-12-9-5-3-4-6-10(9)13(7)11;/h3-6H,1-2H3;1H. The molecule has 0 unspecified atom stereocenters. The maximum atomic E-state index is 4.58. The van der Waals surface area contributed by atoms with Crippen LogP contribution in [0.25, 0.3) is 16.0 Å². The first kappa shape index (κ1) is 10.6. The highest BCUT2D eigenvalue weighted by atomic mass is 79.9. The first-order valence-electron chi connectivity index (χ1n) is 4.60. The molecule has 0 fully saturated rings. The van der Waals surface area contributed by atoms with Crippen molar-refractivity contribution in [1.82, 2.24) is 9.38 Å². The molecule has 2 heterocycles. The zero-order valence-corrected chi connectivity index (χ0v) is 11.0. The number of aryl methyl sites for hydroxylation is 2. The summed E-state index contributed by atoms with van der Waals surface area (Å²) in [6.07, 6.45) is 0. The van der Waals surface area contributed by atoms with E-state index in [-0.39, 0.29) is 17.0 Å². The van der Waals surface area contributed by atoms with Gasteiger partial charge in [0.25, 0.3) is 0 Å². The van der Waals surface area contributed by atoms with Crippen molar-refractivity contribution in [2.75, 3.05) is 0 Å². The van der Waals surface area contributed by atoms with Gasteiger partial charge in [0.2, 0.25) is 0 Å². The molecule has 0 saturated heterocycles. The summed E-state index contributed by atoms with van der Waals surface area (Å²) in [6.45, 7) is 4.29.